The van der Waals surface area contributed by atoms with Crippen molar-refractivity contribution in [2.75, 3.05) is 11.9 Å². The molecule has 0 aliphatic carbocycles. The molecule has 2 nitrogen and oxygen atoms in total. The van der Waals surface area contributed by atoms with Gasteiger partial charge in [0.05, 0.1) is 16.7 Å². The van der Waals surface area contributed by atoms with E-state index in [-0.39, 0.29) is 0 Å². The lowest BCUT2D eigenvalue weighted by molar-refractivity contribution is 0.318. The third-order valence-corrected chi connectivity index (χ3v) is 3.63. The Balaban J connectivity index is 2.07. The van der Waals surface area contributed by atoms with Gasteiger partial charge >= 0.3 is 0 Å². The van der Waals surface area contributed by atoms with Crippen LogP contribution in [0.2, 0.25) is 15.1 Å². The van der Waals surface area contributed by atoms with Crippen LogP contribution in [0, 0.1) is 0 Å². The average molecular weight is 345 g/mol. The molecule has 21 heavy (non-hydrogen) atoms. The van der Waals surface area contributed by atoms with Crippen LogP contribution in [0.25, 0.3) is 0 Å². The predicted molar refractivity (Wildman–Crippen MR) is 91.0 cm³/mol. The third kappa shape index (κ3) is 4.70. The highest BCUT2D eigenvalue weighted by atomic mass is 35.5. The van der Waals surface area contributed by atoms with Crippen LogP contribution in [0.15, 0.2) is 36.4 Å². The summed E-state index contributed by atoms with van der Waals surface area (Å²) in [6.45, 7) is 3.23. The van der Waals surface area contributed by atoms with Crippen molar-refractivity contribution in [3.8, 4) is 5.75 Å². The summed E-state index contributed by atoms with van der Waals surface area (Å²) in [6, 6.07) is 11.3. The van der Waals surface area contributed by atoms with Gasteiger partial charge in [0, 0.05) is 17.3 Å². The molecular weight excluding hydrogens is 329 g/mol. The molecule has 0 saturated carbocycles. The highest BCUT2D eigenvalue weighted by molar-refractivity contribution is 6.37. The highest BCUT2D eigenvalue weighted by Gasteiger charge is 2.09. The van der Waals surface area contributed by atoms with Gasteiger partial charge in [0.1, 0.15) is 0 Å². The van der Waals surface area contributed by atoms with E-state index in [4.69, 9.17) is 39.5 Å². The molecule has 0 unspecified atom stereocenters. The minimum Gasteiger partial charge on any atom is -0.490 e. The van der Waals surface area contributed by atoms with E-state index < -0.39 is 0 Å². The number of anilines is 1. The molecule has 0 spiro atoms. The predicted octanol–water partition coefficient (Wildman–Crippen LogP) is 6.05. The SMILES string of the molecule is CCCOc1c(Cl)cc(CNc2cccc(Cl)c2)cc1Cl. The quantitative estimate of drug-likeness (QED) is 0.689. The van der Waals surface area contributed by atoms with Gasteiger partial charge in [-0.2, -0.15) is 0 Å². The Kier molecular flexibility index (Phi) is 6.04. The molecule has 0 fully saturated rings. The van der Waals surface area contributed by atoms with Crippen molar-refractivity contribution < 1.29 is 4.74 Å². The first kappa shape index (κ1) is 16.3. The zero-order valence-electron chi connectivity index (χ0n) is 11.6. The molecule has 0 saturated heterocycles. The van der Waals surface area contributed by atoms with E-state index in [9.17, 15) is 0 Å². The number of halogens is 3. The Morgan fingerprint density at radius 1 is 1.05 bits per heavy atom. The number of hydrogen-bond donors (Lipinski definition) is 1. The van der Waals surface area contributed by atoms with Crippen molar-refractivity contribution >= 4 is 40.5 Å². The number of benzene rings is 2. The third-order valence-electron chi connectivity index (χ3n) is 2.83. The molecule has 0 radical (unpaired) electrons. The molecule has 0 atom stereocenters. The van der Waals surface area contributed by atoms with Crippen molar-refractivity contribution in [2.45, 2.75) is 19.9 Å². The molecule has 0 aliphatic rings. The summed E-state index contributed by atoms with van der Waals surface area (Å²) in [4.78, 5) is 0. The Morgan fingerprint density at radius 2 is 1.76 bits per heavy atom. The Labute approximate surface area is 140 Å². The molecule has 2 rings (SSSR count). The van der Waals surface area contributed by atoms with Crippen LogP contribution in [0.4, 0.5) is 5.69 Å². The summed E-state index contributed by atoms with van der Waals surface area (Å²) < 4.78 is 5.55. The maximum atomic E-state index is 6.22. The molecule has 1 N–H and O–H groups in total. The number of nitrogens with one attached hydrogen (secondary N) is 1. The molecule has 0 aromatic heterocycles. The van der Waals surface area contributed by atoms with Crippen LogP contribution in [0.3, 0.4) is 0 Å². The van der Waals surface area contributed by atoms with Gasteiger partial charge < -0.3 is 10.1 Å². The van der Waals surface area contributed by atoms with Crippen molar-refractivity contribution in [2.24, 2.45) is 0 Å². The molecule has 0 aliphatic heterocycles. The Morgan fingerprint density at radius 3 is 2.38 bits per heavy atom. The van der Waals surface area contributed by atoms with E-state index in [0.717, 1.165) is 17.7 Å². The number of hydrogen-bond acceptors (Lipinski definition) is 2. The summed E-state index contributed by atoms with van der Waals surface area (Å²) >= 11 is 18.4. The van der Waals surface area contributed by atoms with Gasteiger partial charge in [-0.05, 0) is 42.3 Å². The fraction of sp³-hybridized carbons (Fsp3) is 0.250. The average Bonchev–Trinajstić information content (AvgIpc) is 2.44. The van der Waals surface area contributed by atoms with Gasteiger partial charge in [-0.15, -0.1) is 0 Å². The van der Waals surface area contributed by atoms with E-state index in [2.05, 4.69) is 5.32 Å². The van der Waals surface area contributed by atoms with Gasteiger partial charge in [-0.1, -0.05) is 47.8 Å². The van der Waals surface area contributed by atoms with E-state index in [1.165, 1.54) is 0 Å². The summed E-state index contributed by atoms with van der Waals surface area (Å²) in [6.07, 6.45) is 0.907. The fourth-order valence-electron chi connectivity index (χ4n) is 1.86. The second-order valence-corrected chi connectivity index (χ2v) is 5.85. The van der Waals surface area contributed by atoms with Crippen molar-refractivity contribution in [1.82, 2.24) is 0 Å². The fourth-order valence-corrected chi connectivity index (χ4v) is 2.69. The minimum absolute atomic E-state index is 0.527. The Hall–Kier alpha value is -1.09. The van der Waals surface area contributed by atoms with Crippen molar-refractivity contribution in [3.63, 3.8) is 0 Å². The zero-order chi connectivity index (χ0) is 15.2. The molecule has 2 aromatic carbocycles. The van der Waals surface area contributed by atoms with Gasteiger partial charge in [0.15, 0.2) is 5.75 Å². The van der Waals surface area contributed by atoms with Crippen molar-refractivity contribution in [1.29, 1.82) is 0 Å². The largest absolute Gasteiger partial charge is 0.490 e. The number of rotatable bonds is 6. The molecule has 0 bridgehead atoms. The van der Waals surface area contributed by atoms with Crippen LogP contribution in [0.5, 0.6) is 5.75 Å². The Bertz CT molecular complexity index is 593. The lowest BCUT2D eigenvalue weighted by Crippen LogP contribution is -2.01. The van der Waals surface area contributed by atoms with Gasteiger partial charge in [0.2, 0.25) is 0 Å². The van der Waals surface area contributed by atoms with E-state index in [1.807, 2.05) is 43.3 Å². The van der Waals surface area contributed by atoms with E-state index in [1.54, 1.807) is 0 Å². The van der Waals surface area contributed by atoms with Gasteiger partial charge in [-0.25, -0.2) is 0 Å². The monoisotopic (exact) mass is 343 g/mol. The standard InChI is InChI=1S/C16H16Cl3NO/c1-2-6-21-16-14(18)7-11(8-15(16)19)10-20-13-5-3-4-12(17)9-13/h3-5,7-9,20H,2,6,10H2,1H3. The maximum Gasteiger partial charge on any atom is 0.156 e. The summed E-state index contributed by atoms with van der Waals surface area (Å²) in [5.74, 6) is 0.548. The van der Waals surface area contributed by atoms with Crippen LogP contribution in [-0.4, -0.2) is 6.61 Å². The molecule has 0 amide bonds. The normalized spacial score (nSPS) is 10.5. The van der Waals surface area contributed by atoms with Crippen LogP contribution >= 0.6 is 34.8 Å². The lowest BCUT2D eigenvalue weighted by Gasteiger charge is -2.12. The summed E-state index contributed by atoms with van der Waals surface area (Å²) in [5.41, 5.74) is 1.93. The number of ether oxygens (including phenoxy) is 1. The molecule has 2 aromatic rings. The smallest absolute Gasteiger partial charge is 0.156 e. The molecular formula is C16H16Cl3NO. The molecule has 5 heteroatoms. The van der Waals surface area contributed by atoms with Crippen LogP contribution < -0.4 is 10.1 Å². The van der Waals surface area contributed by atoms with Crippen LogP contribution in [0.1, 0.15) is 18.9 Å². The van der Waals surface area contributed by atoms with Crippen LogP contribution in [-0.2, 0) is 6.54 Å². The molecule has 112 valence electrons. The molecule has 0 heterocycles. The topological polar surface area (TPSA) is 21.3 Å². The first-order valence-electron chi connectivity index (χ1n) is 6.70. The highest BCUT2D eigenvalue weighted by Crippen LogP contribution is 2.34. The first-order valence-corrected chi connectivity index (χ1v) is 7.83. The van der Waals surface area contributed by atoms with Gasteiger partial charge in [-0.3, -0.25) is 0 Å². The zero-order valence-corrected chi connectivity index (χ0v) is 13.9. The minimum atomic E-state index is 0.527. The maximum absolute atomic E-state index is 6.22. The summed E-state index contributed by atoms with van der Waals surface area (Å²) in [5, 5.41) is 5.02. The van der Waals surface area contributed by atoms with E-state index in [0.29, 0.717) is 34.0 Å². The second kappa shape index (κ2) is 7.79. The lowest BCUT2D eigenvalue weighted by atomic mass is 10.2. The van der Waals surface area contributed by atoms with Gasteiger partial charge in [0.25, 0.3) is 0 Å². The van der Waals surface area contributed by atoms with Crippen molar-refractivity contribution in [3.05, 3.63) is 57.0 Å². The van der Waals surface area contributed by atoms with E-state index >= 15 is 0 Å². The summed E-state index contributed by atoms with van der Waals surface area (Å²) in [7, 11) is 0. The second-order valence-electron chi connectivity index (χ2n) is 4.60. The first-order chi connectivity index (χ1) is 10.1.